The molecule has 0 atom stereocenters. The minimum absolute atomic E-state index is 0.733. The number of hydrogen-bond acceptors (Lipinski definition) is 3. The van der Waals surface area contributed by atoms with Gasteiger partial charge in [0.15, 0.2) is 0 Å². The van der Waals surface area contributed by atoms with Crippen LogP contribution in [0.2, 0.25) is 0 Å². The lowest BCUT2D eigenvalue weighted by atomic mass is 10.1. The Bertz CT molecular complexity index is 795. The van der Waals surface area contributed by atoms with E-state index in [0.717, 1.165) is 29.6 Å². The van der Waals surface area contributed by atoms with Gasteiger partial charge in [0.2, 0.25) is 0 Å². The molecule has 4 rings (SSSR count). The quantitative estimate of drug-likeness (QED) is 0.682. The van der Waals surface area contributed by atoms with Crippen LogP contribution in [0.1, 0.15) is 5.56 Å². The van der Waals surface area contributed by atoms with Gasteiger partial charge in [-0.1, -0.05) is 18.2 Å². The number of hydrogen-bond donors (Lipinski definition) is 1. The van der Waals surface area contributed by atoms with E-state index >= 15 is 0 Å². The Balaban J connectivity index is 1.95. The van der Waals surface area contributed by atoms with E-state index in [4.69, 9.17) is 5.73 Å². The molecule has 0 radical (unpaired) electrons. The molecule has 3 heteroatoms. The number of rotatable bonds is 1. The zero-order valence-electron chi connectivity index (χ0n) is 11.1. The van der Waals surface area contributed by atoms with Crippen molar-refractivity contribution in [2.75, 3.05) is 17.2 Å². The smallest absolute Gasteiger partial charge is 0.0952 e. The van der Waals surface area contributed by atoms with Crippen LogP contribution >= 0.6 is 0 Å². The Morgan fingerprint density at radius 3 is 2.80 bits per heavy atom. The van der Waals surface area contributed by atoms with E-state index in [1.807, 2.05) is 12.1 Å². The van der Waals surface area contributed by atoms with Gasteiger partial charge >= 0.3 is 0 Å². The van der Waals surface area contributed by atoms with E-state index in [2.05, 4.69) is 46.3 Å². The molecule has 0 unspecified atom stereocenters. The number of nitrogen functional groups attached to an aromatic ring is 1. The second-order valence-electron chi connectivity index (χ2n) is 5.10. The average molecular weight is 261 g/mol. The molecule has 1 aliphatic heterocycles. The maximum Gasteiger partial charge on any atom is 0.0952 e. The van der Waals surface area contributed by atoms with Crippen LogP contribution in [0.5, 0.6) is 0 Å². The van der Waals surface area contributed by atoms with Gasteiger partial charge in [-0.05, 0) is 42.3 Å². The first kappa shape index (κ1) is 11.3. The van der Waals surface area contributed by atoms with Crippen LogP contribution in [0.3, 0.4) is 0 Å². The number of nitrogens with two attached hydrogens (primary N) is 1. The van der Waals surface area contributed by atoms with Crippen LogP contribution in [0.25, 0.3) is 10.9 Å². The molecule has 0 aliphatic carbocycles. The highest BCUT2D eigenvalue weighted by Crippen LogP contribution is 2.38. The van der Waals surface area contributed by atoms with Crippen molar-refractivity contribution in [1.29, 1.82) is 0 Å². The number of aromatic nitrogens is 1. The summed E-state index contributed by atoms with van der Waals surface area (Å²) >= 11 is 0. The van der Waals surface area contributed by atoms with Crippen molar-refractivity contribution in [3.8, 4) is 0 Å². The van der Waals surface area contributed by atoms with Gasteiger partial charge in [-0.2, -0.15) is 0 Å². The average Bonchev–Trinajstić information content (AvgIpc) is 2.92. The number of pyridine rings is 1. The van der Waals surface area contributed by atoms with E-state index in [9.17, 15) is 0 Å². The van der Waals surface area contributed by atoms with Crippen molar-refractivity contribution in [3.63, 3.8) is 0 Å². The van der Waals surface area contributed by atoms with Gasteiger partial charge in [-0.3, -0.25) is 4.98 Å². The Hall–Kier alpha value is -2.55. The lowest BCUT2D eigenvalue weighted by Crippen LogP contribution is -2.13. The molecule has 0 saturated carbocycles. The van der Waals surface area contributed by atoms with Gasteiger partial charge in [0, 0.05) is 23.8 Å². The first-order chi connectivity index (χ1) is 9.84. The second kappa shape index (κ2) is 4.23. The molecule has 0 fully saturated rings. The van der Waals surface area contributed by atoms with Gasteiger partial charge in [0.25, 0.3) is 0 Å². The fourth-order valence-corrected chi connectivity index (χ4v) is 3.00. The van der Waals surface area contributed by atoms with Crippen LogP contribution in [0.15, 0.2) is 54.7 Å². The summed E-state index contributed by atoms with van der Waals surface area (Å²) in [5, 5.41) is 1.12. The molecule has 2 heterocycles. The minimum Gasteiger partial charge on any atom is -0.397 e. The zero-order valence-corrected chi connectivity index (χ0v) is 11.1. The molecule has 98 valence electrons. The van der Waals surface area contributed by atoms with Crippen molar-refractivity contribution in [1.82, 2.24) is 4.98 Å². The van der Waals surface area contributed by atoms with Gasteiger partial charge in [0.05, 0.1) is 16.9 Å². The number of benzene rings is 2. The topological polar surface area (TPSA) is 42.1 Å². The normalized spacial score (nSPS) is 13.7. The predicted molar refractivity (Wildman–Crippen MR) is 83.3 cm³/mol. The first-order valence-electron chi connectivity index (χ1n) is 6.83. The van der Waals surface area contributed by atoms with Crippen LogP contribution in [0, 0.1) is 0 Å². The molecule has 0 amide bonds. The monoisotopic (exact) mass is 261 g/mol. The number of para-hydroxylation sites is 1. The van der Waals surface area contributed by atoms with Crippen molar-refractivity contribution in [2.45, 2.75) is 6.42 Å². The summed E-state index contributed by atoms with van der Waals surface area (Å²) in [6, 6.07) is 16.7. The van der Waals surface area contributed by atoms with Gasteiger partial charge in [0.1, 0.15) is 0 Å². The Morgan fingerprint density at radius 2 is 1.85 bits per heavy atom. The zero-order chi connectivity index (χ0) is 13.5. The van der Waals surface area contributed by atoms with Gasteiger partial charge in [-0.25, -0.2) is 0 Å². The van der Waals surface area contributed by atoms with E-state index in [-0.39, 0.29) is 0 Å². The van der Waals surface area contributed by atoms with E-state index in [0.29, 0.717) is 0 Å². The summed E-state index contributed by atoms with van der Waals surface area (Å²) in [6.07, 6.45) is 2.88. The summed E-state index contributed by atoms with van der Waals surface area (Å²) in [5.41, 5.74) is 11.5. The third-order valence-electron chi connectivity index (χ3n) is 3.96. The van der Waals surface area contributed by atoms with Crippen LogP contribution in [0.4, 0.5) is 17.1 Å². The lowest BCUT2D eigenvalue weighted by Gasteiger charge is -2.21. The fourth-order valence-electron chi connectivity index (χ4n) is 3.00. The molecule has 3 nitrogen and oxygen atoms in total. The van der Waals surface area contributed by atoms with Crippen LogP contribution in [-0.4, -0.2) is 11.5 Å². The SMILES string of the molecule is Nc1ccc(N2CCc3ccccc32)c2cccnc12. The minimum atomic E-state index is 0.733. The number of nitrogens with zero attached hydrogens (tertiary/aromatic N) is 2. The van der Waals surface area contributed by atoms with Crippen molar-refractivity contribution >= 4 is 28.0 Å². The Morgan fingerprint density at radius 1 is 0.950 bits per heavy atom. The lowest BCUT2D eigenvalue weighted by molar-refractivity contribution is 1.00. The number of fused-ring (bicyclic) bond motifs is 2. The van der Waals surface area contributed by atoms with Gasteiger partial charge < -0.3 is 10.6 Å². The highest BCUT2D eigenvalue weighted by atomic mass is 15.2. The van der Waals surface area contributed by atoms with Crippen LogP contribution < -0.4 is 10.6 Å². The maximum absolute atomic E-state index is 6.04. The molecular weight excluding hydrogens is 246 g/mol. The Kier molecular flexibility index (Phi) is 2.39. The van der Waals surface area contributed by atoms with Crippen molar-refractivity contribution in [2.24, 2.45) is 0 Å². The van der Waals surface area contributed by atoms with E-state index in [1.54, 1.807) is 6.20 Å². The third kappa shape index (κ3) is 1.56. The predicted octanol–water partition coefficient (Wildman–Crippen LogP) is 3.51. The van der Waals surface area contributed by atoms with Gasteiger partial charge in [-0.15, -0.1) is 0 Å². The first-order valence-corrected chi connectivity index (χ1v) is 6.83. The second-order valence-corrected chi connectivity index (χ2v) is 5.10. The van der Waals surface area contributed by atoms with Crippen LogP contribution in [-0.2, 0) is 6.42 Å². The molecule has 2 aromatic carbocycles. The van der Waals surface area contributed by atoms with E-state index in [1.165, 1.54) is 16.9 Å². The van der Waals surface area contributed by atoms with E-state index < -0.39 is 0 Å². The Labute approximate surface area is 117 Å². The van der Waals surface area contributed by atoms with Crippen molar-refractivity contribution < 1.29 is 0 Å². The molecular formula is C17H15N3. The highest BCUT2D eigenvalue weighted by Gasteiger charge is 2.21. The molecule has 2 N–H and O–H groups in total. The molecule has 0 spiro atoms. The number of anilines is 3. The largest absolute Gasteiger partial charge is 0.397 e. The molecule has 3 aromatic rings. The molecule has 0 bridgehead atoms. The fraction of sp³-hybridized carbons (Fsp3) is 0.118. The summed E-state index contributed by atoms with van der Waals surface area (Å²) in [5.74, 6) is 0. The summed E-state index contributed by atoms with van der Waals surface area (Å²) in [4.78, 5) is 6.78. The summed E-state index contributed by atoms with van der Waals surface area (Å²) in [7, 11) is 0. The third-order valence-corrected chi connectivity index (χ3v) is 3.96. The molecule has 1 aromatic heterocycles. The molecule has 20 heavy (non-hydrogen) atoms. The molecule has 0 saturated heterocycles. The maximum atomic E-state index is 6.04. The molecule has 1 aliphatic rings. The standard InChI is InChI=1S/C17H15N3/c18-14-7-8-16(13-5-3-10-19-17(13)14)20-11-9-12-4-1-2-6-15(12)20/h1-8,10H,9,11,18H2. The van der Waals surface area contributed by atoms with Crippen molar-refractivity contribution in [3.05, 3.63) is 60.3 Å². The highest BCUT2D eigenvalue weighted by molar-refractivity contribution is 6.00. The summed E-state index contributed by atoms with van der Waals surface area (Å²) in [6.45, 7) is 1.01. The summed E-state index contributed by atoms with van der Waals surface area (Å²) < 4.78 is 0.